The van der Waals surface area contributed by atoms with Gasteiger partial charge in [-0.25, -0.2) is 4.39 Å². The molecular weight excluding hydrogens is 241 g/mol. The Bertz CT molecular complexity index is 539. The fraction of sp³-hybridized carbons (Fsp3) is 0.250. The van der Waals surface area contributed by atoms with Gasteiger partial charge in [0.1, 0.15) is 11.9 Å². The maximum absolute atomic E-state index is 12.9. The van der Waals surface area contributed by atoms with Crippen molar-refractivity contribution in [1.82, 2.24) is 0 Å². The van der Waals surface area contributed by atoms with Crippen LogP contribution in [0.5, 0.6) is 0 Å². The van der Waals surface area contributed by atoms with Crippen LogP contribution in [-0.4, -0.2) is 11.7 Å². The van der Waals surface area contributed by atoms with Gasteiger partial charge < -0.3 is 10.8 Å². The minimum atomic E-state index is -0.745. The number of nitrogens with two attached hydrogens (primary N) is 1. The molecule has 0 fully saturated rings. The van der Waals surface area contributed by atoms with Gasteiger partial charge in [0.05, 0.1) is 0 Å². The van der Waals surface area contributed by atoms with Crippen molar-refractivity contribution in [2.45, 2.75) is 18.9 Å². The number of aliphatic hydroxyl groups is 1. The molecule has 0 heterocycles. The van der Waals surface area contributed by atoms with Crippen LogP contribution < -0.4 is 5.73 Å². The van der Waals surface area contributed by atoms with E-state index >= 15 is 0 Å². The molecule has 2 nitrogen and oxygen atoms in total. The summed E-state index contributed by atoms with van der Waals surface area (Å²) in [4.78, 5) is 0. The predicted octanol–water partition coefficient (Wildman–Crippen LogP) is 2.97. The molecule has 0 saturated carbocycles. The van der Waals surface area contributed by atoms with E-state index in [1.165, 1.54) is 12.1 Å². The van der Waals surface area contributed by atoms with E-state index in [0.717, 1.165) is 11.1 Å². The lowest BCUT2D eigenvalue weighted by atomic mass is 9.95. The summed E-state index contributed by atoms with van der Waals surface area (Å²) >= 11 is 0. The number of aliphatic hydroxyl groups excluding tert-OH is 1. The number of benzene rings is 2. The summed E-state index contributed by atoms with van der Waals surface area (Å²) in [5.41, 5.74) is 8.23. The van der Waals surface area contributed by atoms with Gasteiger partial charge in [0.2, 0.25) is 0 Å². The number of rotatable bonds is 4. The van der Waals surface area contributed by atoms with Gasteiger partial charge in [0, 0.05) is 0 Å². The van der Waals surface area contributed by atoms with Gasteiger partial charge in [0.15, 0.2) is 0 Å². The highest BCUT2D eigenvalue weighted by Crippen LogP contribution is 2.25. The summed E-state index contributed by atoms with van der Waals surface area (Å²) in [6.45, 7) is 2.61. The van der Waals surface area contributed by atoms with E-state index in [1.807, 2.05) is 31.2 Å². The van der Waals surface area contributed by atoms with Gasteiger partial charge in [-0.1, -0.05) is 43.3 Å². The molecular formula is C16H18FNO. The monoisotopic (exact) mass is 259 g/mol. The zero-order valence-electron chi connectivity index (χ0n) is 10.9. The van der Waals surface area contributed by atoms with Gasteiger partial charge in [-0.05, 0) is 41.3 Å². The molecule has 2 aromatic carbocycles. The van der Waals surface area contributed by atoms with Crippen LogP contribution in [0.3, 0.4) is 0 Å². The predicted molar refractivity (Wildman–Crippen MR) is 74.4 cm³/mol. The van der Waals surface area contributed by atoms with Gasteiger partial charge in [0.25, 0.3) is 0 Å². The number of hydrogen-bond acceptors (Lipinski definition) is 2. The van der Waals surface area contributed by atoms with Crippen molar-refractivity contribution in [2.24, 2.45) is 5.73 Å². The summed E-state index contributed by atoms with van der Waals surface area (Å²) in [6.07, 6.45) is -0.745. The minimum absolute atomic E-state index is 0.250. The van der Waals surface area contributed by atoms with Crippen molar-refractivity contribution in [1.29, 1.82) is 0 Å². The second-order valence-electron chi connectivity index (χ2n) is 4.76. The molecule has 0 aliphatic carbocycles. The summed E-state index contributed by atoms with van der Waals surface area (Å²) in [5.74, 6) is -0.0539. The van der Waals surface area contributed by atoms with E-state index < -0.39 is 6.10 Å². The van der Waals surface area contributed by atoms with Crippen LogP contribution in [0.4, 0.5) is 4.39 Å². The molecule has 3 heteroatoms. The molecule has 100 valence electrons. The van der Waals surface area contributed by atoms with E-state index in [1.54, 1.807) is 12.1 Å². The Kier molecular flexibility index (Phi) is 4.30. The van der Waals surface area contributed by atoms with Crippen LogP contribution >= 0.6 is 0 Å². The quantitative estimate of drug-likeness (QED) is 0.886. The fourth-order valence-electron chi connectivity index (χ4n) is 2.01. The SMILES string of the molecule is CC(CN)c1cccc(C(O)c2ccc(F)cc2)c1. The first-order valence-corrected chi connectivity index (χ1v) is 6.35. The summed E-state index contributed by atoms with van der Waals surface area (Å²) < 4.78 is 12.9. The van der Waals surface area contributed by atoms with E-state index in [2.05, 4.69) is 0 Å². The Morgan fingerprint density at radius 3 is 2.32 bits per heavy atom. The maximum Gasteiger partial charge on any atom is 0.123 e. The van der Waals surface area contributed by atoms with Crippen LogP contribution in [0.1, 0.15) is 35.6 Å². The lowest BCUT2D eigenvalue weighted by Gasteiger charge is -2.15. The lowest BCUT2D eigenvalue weighted by molar-refractivity contribution is 0.220. The summed E-state index contributed by atoms with van der Waals surface area (Å²) in [5, 5.41) is 10.3. The van der Waals surface area contributed by atoms with E-state index in [0.29, 0.717) is 12.1 Å². The molecule has 2 aromatic rings. The zero-order valence-corrected chi connectivity index (χ0v) is 10.9. The number of halogens is 1. The molecule has 19 heavy (non-hydrogen) atoms. The van der Waals surface area contributed by atoms with Crippen LogP contribution in [0.15, 0.2) is 48.5 Å². The first-order chi connectivity index (χ1) is 9.11. The molecule has 2 unspecified atom stereocenters. The van der Waals surface area contributed by atoms with E-state index in [-0.39, 0.29) is 11.7 Å². The molecule has 3 N–H and O–H groups in total. The largest absolute Gasteiger partial charge is 0.384 e. The highest BCUT2D eigenvalue weighted by atomic mass is 19.1. The van der Waals surface area contributed by atoms with Crippen molar-refractivity contribution in [3.05, 3.63) is 71.0 Å². The Morgan fingerprint density at radius 1 is 1.05 bits per heavy atom. The molecule has 2 atom stereocenters. The van der Waals surface area contributed by atoms with Gasteiger partial charge in [-0.2, -0.15) is 0 Å². The van der Waals surface area contributed by atoms with Crippen molar-refractivity contribution in [2.75, 3.05) is 6.54 Å². The normalized spacial score (nSPS) is 14.1. The zero-order chi connectivity index (χ0) is 13.8. The van der Waals surface area contributed by atoms with Crippen LogP contribution in [0.2, 0.25) is 0 Å². The Balaban J connectivity index is 2.28. The smallest absolute Gasteiger partial charge is 0.123 e. The standard InChI is InChI=1S/C16H18FNO/c1-11(10-18)13-3-2-4-14(9-13)16(19)12-5-7-15(17)8-6-12/h2-9,11,16,19H,10,18H2,1H3. The second kappa shape index (κ2) is 5.95. The van der Waals surface area contributed by atoms with Gasteiger partial charge in [-0.15, -0.1) is 0 Å². The molecule has 0 aliphatic heterocycles. The van der Waals surface area contributed by atoms with E-state index in [9.17, 15) is 9.50 Å². The minimum Gasteiger partial charge on any atom is -0.384 e. The Morgan fingerprint density at radius 2 is 1.68 bits per heavy atom. The van der Waals surface area contributed by atoms with Crippen molar-refractivity contribution >= 4 is 0 Å². The van der Waals surface area contributed by atoms with E-state index in [4.69, 9.17) is 5.73 Å². The van der Waals surface area contributed by atoms with Crippen molar-refractivity contribution in [3.8, 4) is 0 Å². The Labute approximate surface area is 112 Å². The van der Waals surface area contributed by atoms with Gasteiger partial charge >= 0.3 is 0 Å². The van der Waals surface area contributed by atoms with Crippen molar-refractivity contribution in [3.63, 3.8) is 0 Å². The molecule has 0 amide bonds. The molecule has 0 aromatic heterocycles. The summed E-state index contributed by atoms with van der Waals surface area (Å²) in [7, 11) is 0. The Hall–Kier alpha value is -1.71. The average Bonchev–Trinajstić information content (AvgIpc) is 2.46. The fourth-order valence-corrected chi connectivity index (χ4v) is 2.01. The van der Waals surface area contributed by atoms with Crippen LogP contribution in [-0.2, 0) is 0 Å². The highest BCUT2D eigenvalue weighted by molar-refractivity contribution is 5.34. The number of hydrogen-bond donors (Lipinski definition) is 2. The van der Waals surface area contributed by atoms with Crippen LogP contribution in [0, 0.1) is 5.82 Å². The third-order valence-corrected chi connectivity index (χ3v) is 3.33. The topological polar surface area (TPSA) is 46.2 Å². The first kappa shape index (κ1) is 13.7. The molecule has 0 aliphatic rings. The second-order valence-corrected chi connectivity index (χ2v) is 4.76. The molecule has 0 bridgehead atoms. The third-order valence-electron chi connectivity index (χ3n) is 3.33. The molecule has 0 spiro atoms. The van der Waals surface area contributed by atoms with Gasteiger partial charge in [-0.3, -0.25) is 0 Å². The summed E-state index contributed by atoms with van der Waals surface area (Å²) in [6, 6.07) is 13.6. The third kappa shape index (κ3) is 3.19. The first-order valence-electron chi connectivity index (χ1n) is 6.35. The van der Waals surface area contributed by atoms with Crippen molar-refractivity contribution < 1.29 is 9.50 Å². The maximum atomic E-state index is 12.9. The molecule has 2 rings (SSSR count). The van der Waals surface area contributed by atoms with Crippen LogP contribution in [0.25, 0.3) is 0 Å². The lowest BCUT2D eigenvalue weighted by Crippen LogP contribution is -2.09. The molecule has 0 saturated heterocycles. The highest BCUT2D eigenvalue weighted by Gasteiger charge is 2.12. The molecule has 0 radical (unpaired) electrons. The average molecular weight is 259 g/mol.